The molecule has 0 aliphatic carbocycles. The zero-order valence-corrected chi connectivity index (χ0v) is 11.2. The van der Waals surface area contributed by atoms with Gasteiger partial charge in [0, 0.05) is 11.4 Å². The average Bonchev–Trinajstić information content (AvgIpc) is 2.37. The van der Waals surface area contributed by atoms with Gasteiger partial charge in [-0.15, -0.1) is 0 Å². The fourth-order valence-electron chi connectivity index (χ4n) is 0.974. The molecule has 0 radical (unpaired) electrons. The number of aliphatic hydroxyl groups excluding tert-OH is 1. The summed E-state index contributed by atoms with van der Waals surface area (Å²) in [5.74, 6) is 1.03. The molecule has 0 spiro atoms. The molecule has 0 unspecified atom stereocenters. The first kappa shape index (κ1) is 15.8. The first-order valence-corrected chi connectivity index (χ1v) is 5.55. The van der Waals surface area contributed by atoms with E-state index in [0.717, 1.165) is 17.2 Å². The van der Waals surface area contributed by atoms with Gasteiger partial charge in [0.15, 0.2) is 0 Å². The molecule has 0 aromatic heterocycles. The van der Waals surface area contributed by atoms with E-state index in [1.165, 1.54) is 0 Å². The van der Waals surface area contributed by atoms with Gasteiger partial charge in [-0.25, -0.2) is 0 Å². The molecule has 0 aromatic carbocycles. The molecule has 0 aliphatic heterocycles. The number of methoxy groups -OCH3 is 1. The van der Waals surface area contributed by atoms with Gasteiger partial charge in [0.2, 0.25) is 0 Å². The minimum atomic E-state index is 0.232. The normalized spacial score (nSPS) is 14.2. The van der Waals surface area contributed by atoms with E-state index in [1.807, 2.05) is 19.1 Å². The predicted molar refractivity (Wildman–Crippen MR) is 76.8 cm³/mol. The van der Waals surface area contributed by atoms with Gasteiger partial charge in [-0.1, -0.05) is 13.2 Å². The van der Waals surface area contributed by atoms with Crippen LogP contribution in [0.5, 0.6) is 0 Å². The van der Waals surface area contributed by atoms with Crippen LogP contribution in [0, 0.1) is 0 Å². The number of allylic oxidation sites excluding steroid dienone is 8. The average molecular weight is 247 g/mol. The molecule has 0 amide bonds. The third-order valence-corrected chi connectivity index (χ3v) is 2.05. The van der Waals surface area contributed by atoms with E-state index in [2.05, 4.69) is 18.5 Å². The van der Waals surface area contributed by atoms with Crippen molar-refractivity contribution in [2.24, 2.45) is 0 Å². The smallest absolute Gasteiger partial charge is 0.0925 e. The van der Waals surface area contributed by atoms with Crippen LogP contribution in [0.1, 0.15) is 13.8 Å². The first-order chi connectivity index (χ1) is 8.53. The molecule has 0 bridgehead atoms. The van der Waals surface area contributed by atoms with Gasteiger partial charge in [0.05, 0.1) is 18.6 Å². The lowest BCUT2D eigenvalue weighted by Crippen LogP contribution is -2.09. The van der Waals surface area contributed by atoms with Crippen molar-refractivity contribution >= 4 is 0 Å². The Morgan fingerprint density at radius 2 is 1.50 bits per heavy atom. The van der Waals surface area contributed by atoms with Gasteiger partial charge < -0.3 is 15.2 Å². The maximum atomic E-state index is 9.09. The van der Waals surface area contributed by atoms with E-state index < -0.39 is 0 Å². The summed E-state index contributed by atoms with van der Waals surface area (Å²) in [5.41, 5.74) is 1.57. The lowest BCUT2D eigenvalue weighted by atomic mass is 10.3. The molecule has 3 nitrogen and oxygen atoms in total. The maximum absolute atomic E-state index is 9.09. The van der Waals surface area contributed by atoms with Crippen LogP contribution in [-0.4, -0.2) is 12.2 Å². The Morgan fingerprint density at radius 3 is 1.89 bits per heavy atom. The molecule has 0 fully saturated rings. The lowest BCUT2D eigenvalue weighted by molar-refractivity contribution is 0.293. The number of hydrogen-bond donors (Lipinski definition) is 2. The highest BCUT2D eigenvalue weighted by Gasteiger charge is 1.93. The highest BCUT2D eigenvalue weighted by molar-refractivity contribution is 5.31. The van der Waals surface area contributed by atoms with E-state index in [1.54, 1.807) is 38.3 Å². The van der Waals surface area contributed by atoms with Gasteiger partial charge in [-0.3, -0.25) is 0 Å². The maximum Gasteiger partial charge on any atom is 0.0925 e. The van der Waals surface area contributed by atoms with Gasteiger partial charge in [-0.2, -0.15) is 0 Å². The van der Waals surface area contributed by atoms with E-state index in [-0.39, 0.29) is 5.76 Å². The zero-order chi connectivity index (χ0) is 14.0. The summed E-state index contributed by atoms with van der Waals surface area (Å²) < 4.78 is 5.03. The Kier molecular flexibility index (Phi) is 7.86. The molecule has 0 aromatic rings. The number of hydrogen-bond acceptors (Lipinski definition) is 3. The topological polar surface area (TPSA) is 41.5 Å². The van der Waals surface area contributed by atoms with E-state index >= 15 is 0 Å². The summed E-state index contributed by atoms with van der Waals surface area (Å²) in [6.45, 7) is 10.9. The predicted octanol–water partition coefficient (Wildman–Crippen LogP) is 3.73. The summed E-state index contributed by atoms with van der Waals surface area (Å²) in [6.07, 6.45) is 10.3. The molecule has 3 heteroatoms. The van der Waals surface area contributed by atoms with Crippen LogP contribution in [0.4, 0.5) is 0 Å². The molecule has 98 valence electrons. The van der Waals surface area contributed by atoms with Crippen molar-refractivity contribution < 1.29 is 9.84 Å². The van der Waals surface area contributed by atoms with Crippen molar-refractivity contribution in [2.75, 3.05) is 7.11 Å². The van der Waals surface area contributed by atoms with Gasteiger partial charge >= 0.3 is 0 Å². The minimum absolute atomic E-state index is 0.232. The number of rotatable bonds is 7. The van der Waals surface area contributed by atoms with Crippen LogP contribution in [0.2, 0.25) is 0 Å². The highest BCUT2D eigenvalue weighted by Crippen LogP contribution is 2.02. The Hall–Kier alpha value is -2.16. The Labute approximate surface area is 109 Å². The molecule has 18 heavy (non-hydrogen) atoms. The quantitative estimate of drug-likeness (QED) is 0.532. The van der Waals surface area contributed by atoms with E-state index in [9.17, 15) is 0 Å². The van der Waals surface area contributed by atoms with Crippen molar-refractivity contribution in [1.82, 2.24) is 5.32 Å². The molecule has 0 saturated carbocycles. The van der Waals surface area contributed by atoms with Crippen LogP contribution >= 0.6 is 0 Å². The second-order valence-corrected chi connectivity index (χ2v) is 3.57. The molecule has 0 heterocycles. The second-order valence-electron chi connectivity index (χ2n) is 3.57. The standard InChI is InChI=1S/C15H21NO2/c1-6-14(10-8-12(3)17)16-15(7-2)11-9-13(4)18-5/h6-11,16-17H,1-2H2,3-5H3/b12-8+,13-9+,14-10+,15-11+. The van der Waals surface area contributed by atoms with Crippen LogP contribution in [0.3, 0.4) is 0 Å². The lowest BCUT2D eigenvalue weighted by Gasteiger charge is -2.07. The van der Waals surface area contributed by atoms with E-state index in [0.29, 0.717) is 0 Å². The third-order valence-electron chi connectivity index (χ3n) is 2.05. The Bertz CT molecular complexity index is 408. The zero-order valence-electron chi connectivity index (χ0n) is 11.2. The fraction of sp³-hybridized carbons (Fsp3) is 0.200. The van der Waals surface area contributed by atoms with Crippen LogP contribution in [0.25, 0.3) is 0 Å². The molecule has 0 atom stereocenters. The van der Waals surface area contributed by atoms with Crippen LogP contribution in [-0.2, 0) is 4.74 Å². The Morgan fingerprint density at radius 1 is 1.00 bits per heavy atom. The molecule has 0 aliphatic rings. The van der Waals surface area contributed by atoms with Crippen LogP contribution in [0.15, 0.2) is 72.5 Å². The van der Waals surface area contributed by atoms with Crippen molar-refractivity contribution in [1.29, 1.82) is 0 Å². The SMILES string of the molecule is C=C/C(=C\C=C(/C)O)N/C(C=C)=C/C=C(\C)OC. The van der Waals surface area contributed by atoms with Crippen molar-refractivity contribution in [3.8, 4) is 0 Å². The van der Waals surface area contributed by atoms with Gasteiger partial charge in [0.1, 0.15) is 0 Å². The second kappa shape index (κ2) is 8.93. The van der Waals surface area contributed by atoms with Gasteiger partial charge in [0.25, 0.3) is 0 Å². The van der Waals surface area contributed by atoms with Crippen molar-refractivity contribution in [2.45, 2.75) is 13.8 Å². The summed E-state index contributed by atoms with van der Waals surface area (Å²) in [4.78, 5) is 0. The van der Waals surface area contributed by atoms with E-state index in [4.69, 9.17) is 9.84 Å². The largest absolute Gasteiger partial charge is 0.513 e. The third kappa shape index (κ3) is 7.17. The number of ether oxygens (including phenoxy) is 1. The molecular formula is C15H21NO2. The van der Waals surface area contributed by atoms with Crippen LogP contribution < -0.4 is 5.32 Å². The summed E-state index contributed by atoms with van der Waals surface area (Å²) in [6, 6.07) is 0. The van der Waals surface area contributed by atoms with Crippen molar-refractivity contribution in [3.05, 3.63) is 72.5 Å². The molecule has 2 N–H and O–H groups in total. The first-order valence-electron chi connectivity index (χ1n) is 5.55. The molecule has 0 saturated heterocycles. The summed E-state index contributed by atoms with van der Waals surface area (Å²) in [5, 5.41) is 12.2. The molecule has 0 rings (SSSR count). The fourth-order valence-corrected chi connectivity index (χ4v) is 0.974. The Balaban J connectivity index is 4.90. The summed E-state index contributed by atoms with van der Waals surface area (Å²) >= 11 is 0. The number of nitrogens with one attached hydrogen (secondary N) is 1. The number of aliphatic hydroxyl groups is 1. The minimum Gasteiger partial charge on any atom is -0.513 e. The summed E-state index contributed by atoms with van der Waals surface area (Å²) in [7, 11) is 1.62. The molecular weight excluding hydrogens is 226 g/mol. The highest BCUT2D eigenvalue weighted by atomic mass is 16.5. The van der Waals surface area contributed by atoms with Crippen molar-refractivity contribution in [3.63, 3.8) is 0 Å². The monoisotopic (exact) mass is 247 g/mol. The van der Waals surface area contributed by atoms with Gasteiger partial charge in [-0.05, 0) is 50.3 Å².